The molecule has 0 bridgehead atoms. The molecule has 0 aliphatic carbocycles. The molecule has 6 aromatic heterocycles. The molecule has 6 heterocycles. The summed E-state index contributed by atoms with van der Waals surface area (Å²) in [5.41, 5.74) is 7.33. The fourth-order valence-corrected chi connectivity index (χ4v) is 14.3. The Labute approximate surface area is 805 Å². The van der Waals surface area contributed by atoms with Crippen molar-refractivity contribution in [3.63, 3.8) is 0 Å². The van der Waals surface area contributed by atoms with Gasteiger partial charge in [0.15, 0.2) is 12.2 Å². The third-order valence-corrected chi connectivity index (χ3v) is 22.2. The molecule has 6 aromatic carbocycles. The second-order valence-electron chi connectivity index (χ2n) is 33.3. The molecule has 0 aliphatic heterocycles. The zero-order chi connectivity index (χ0) is 101. The van der Waals surface area contributed by atoms with Crippen molar-refractivity contribution in [2.24, 2.45) is 5.41 Å². The quantitative estimate of drug-likeness (QED) is 0.0267. The predicted molar refractivity (Wildman–Crippen MR) is 517 cm³/mol. The molecule has 0 saturated heterocycles. The number of hydrogen-bond donors (Lipinski definition) is 0. The minimum absolute atomic E-state index is 0.00244. The third-order valence-electron chi connectivity index (χ3n) is 22.2. The van der Waals surface area contributed by atoms with Gasteiger partial charge in [-0.2, -0.15) is 0 Å². The van der Waals surface area contributed by atoms with Gasteiger partial charge in [0.2, 0.25) is 0 Å². The zero-order valence-electron chi connectivity index (χ0n) is 81.8. The van der Waals surface area contributed by atoms with Crippen LogP contribution in [0.1, 0.15) is 249 Å². The number of aromatic nitrogens is 6. The highest BCUT2D eigenvalue weighted by molar-refractivity contribution is 5.92. The van der Waals surface area contributed by atoms with Gasteiger partial charge in [-0.1, -0.05) is 182 Å². The van der Waals surface area contributed by atoms with Crippen molar-refractivity contribution in [2.45, 2.75) is 182 Å². The molecule has 0 radical (unpaired) electrons. The summed E-state index contributed by atoms with van der Waals surface area (Å²) in [7, 11) is 7.76. The van der Waals surface area contributed by atoms with Crippen molar-refractivity contribution in [1.82, 2.24) is 27.4 Å². The Kier molecular flexibility index (Phi) is 43.1. The second-order valence-corrected chi connectivity index (χ2v) is 33.3. The first kappa shape index (κ1) is 110. The van der Waals surface area contributed by atoms with Crippen LogP contribution in [0.2, 0.25) is 0 Å². The number of rotatable bonds is 34. The lowest BCUT2D eigenvalue weighted by Crippen LogP contribution is -2.32. The van der Waals surface area contributed by atoms with Crippen LogP contribution in [-0.2, 0) is 85.6 Å². The van der Waals surface area contributed by atoms with Gasteiger partial charge in [-0.3, -0.25) is 19.2 Å². The van der Waals surface area contributed by atoms with Crippen LogP contribution < -0.4 is 0 Å². The van der Waals surface area contributed by atoms with Crippen molar-refractivity contribution < 1.29 is 114 Å². The van der Waals surface area contributed by atoms with E-state index < -0.39 is 107 Å². The lowest BCUT2D eigenvalue weighted by atomic mass is 9.95. The summed E-state index contributed by atoms with van der Waals surface area (Å²) in [6.45, 7) is 25.1. The molecule has 0 amide bonds. The molecule has 0 unspecified atom stereocenters. The van der Waals surface area contributed by atoms with E-state index in [0.717, 1.165) is 33.4 Å². The van der Waals surface area contributed by atoms with E-state index >= 15 is 0 Å². The van der Waals surface area contributed by atoms with Gasteiger partial charge in [-0.05, 0) is 203 Å². The molecule has 732 valence electrons. The molecule has 0 fully saturated rings. The van der Waals surface area contributed by atoms with Crippen molar-refractivity contribution in [3.8, 4) is 0 Å². The lowest BCUT2D eigenvalue weighted by molar-refractivity contribution is -0.153. The maximum atomic E-state index is 12.6. The third kappa shape index (κ3) is 32.5. The highest BCUT2D eigenvalue weighted by Crippen LogP contribution is 2.30. The molecule has 30 heteroatoms. The van der Waals surface area contributed by atoms with Gasteiger partial charge >= 0.3 is 71.6 Å². The number of carbonyl (C=O) groups excluding carboxylic acids is 12. The van der Waals surface area contributed by atoms with Gasteiger partial charge in [-0.25, -0.2) is 38.4 Å². The Morgan fingerprint density at radius 1 is 0.261 bits per heavy atom. The SMILES string of the molecule is COC(=O)C(C)(C)COC(=O)c1cccn1[C@H](C)c1ccccc1.COC(=O)CC(C)(C)OC(=O)c1cccn1[C@H](C)c1ccccc1.COC(=O)C[C@@H](C)OC(=O)c1cccn1[C@H](C)c1ccccc1.COC(=O)C[C@H](C)OC(=O)c1cccn1[C@H](C)c1ccccc1.COC(=O)[C@@H](C)OC(=O)c1cccn1[C@H](C)c1ccccc1.COC(=O)[C@H](C)OC(=O)c1cccn1[C@H](C)c1ccccc1. The molecular formula is C108H126N6O24. The minimum atomic E-state index is -0.937. The van der Waals surface area contributed by atoms with E-state index in [4.69, 9.17) is 33.2 Å². The summed E-state index contributed by atoms with van der Waals surface area (Å²) < 4.78 is 70.5. The average molecular weight is 1890 g/mol. The van der Waals surface area contributed by atoms with Crippen LogP contribution in [0.4, 0.5) is 0 Å². The lowest BCUT2D eigenvalue weighted by Gasteiger charge is -2.25. The van der Waals surface area contributed by atoms with Gasteiger partial charge in [0.1, 0.15) is 58.6 Å². The number of nitrogens with zero attached hydrogens (tertiary/aromatic N) is 6. The van der Waals surface area contributed by atoms with Crippen molar-refractivity contribution in [3.05, 3.63) is 360 Å². The van der Waals surface area contributed by atoms with Crippen LogP contribution in [0.3, 0.4) is 0 Å². The number of methoxy groups -OCH3 is 6. The van der Waals surface area contributed by atoms with Crippen LogP contribution >= 0.6 is 0 Å². The van der Waals surface area contributed by atoms with Crippen molar-refractivity contribution >= 4 is 71.6 Å². The fourth-order valence-electron chi connectivity index (χ4n) is 14.3. The molecule has 0 aliphatic rings. The summed E-state index contributed by atoms with van der Waals surface area (Å²) in [5.74, 6) is -5.72. The van der Waals surface area contributed by atoms with E-state index in [1.807, 2.05) is 300 Å². The van der Waals surface area contributed by atoms with Crippen molar-refractivity contribution in [2.75, 3.05) is 49.3 Å². The highest BCUT2D eigenvalue weighted by atomic mass is 16.6. The van der Waals surface area contributed by atoms with Crippen LogP contribution in [0.25, 0.3) is 0 Å². The minimum Gasteiger partial charge on any atom is -0.469 e. The van der Waals surface area contributed by atoms with E-state index in [1.54, 1.807) is 102 Å². The van der Waals surface area contributed by atoms with E-state index in [0.29, 0.717) is 34.2 Å². The maximum Gasteiger partial charge on any atom is 0.355 e. The molecule has 0 spiro atoms. The first-order chi connectivity index (χ1) is 65.8. The molecule has 0 saturated carbocycles. The van der Waals surface area contributed by atoms with Gasteiger partial charge in [0, 0.05) is 37.2 Å². The fraction of sp³-hybridized carbons (Fsp3) is 0.333. The molecule has 138 heavy (non-hydrogen) atoms. The summed E-state index contributed by atoms with van der Waals surface area (Å²) in [4.78, 5) is 142. The standard InChI is InChI=1S/2C19H23NO4.2C18H21NO4.2C17H19NO4/c1-14(15-9-6-5-7-10-15)20-12-8-11-16(20)17(21)24-13-19(2,3)18(22)23-4;1-14(15-9-6-5-7-10-15)20-12-8-11-16(20)18(22)24-19(2,3)13-17(21)23-4;2*1-13(12-17(20)22-3)23-18(21)16-10-7-11-19(16)14(2)15-8-5-4-6-9-15;2*1-12(14-8-5-4-6-9-14)18-11-7-10-15(18)17(20)22-13(2)16(19)21-3/h2*5-12,14H,13H2,1-4H3;2*4-11,13-14H,12H2,1-3H3;2*4-13H,1-3H3/t2*14-;13-,14+;13-,14-;12-,13+;12-,13-/m110111/s1. The molecule has 12 aromatic rings. The normalized spacial score (nSPS) is 13.0. The van der Waals surface area contributed by atoms with E-state index in [9.17, 15) is 57.5 Å². The molecule has 12 rings (SSSR count). The number of hydrogen-bond acceptors (Lipinski definition) is 24. The van der Waals surface area contributed by atoms with E-state index in [1.165, 1.54) is 56.5 Å². The molecule has 30 nitrogen and oxygen atoms in total. The van der Waals surface area contributed by atoms with Gasteiger partial charge in [0.05, 0.1) is 104 Å². The number of esters is 12. The Morgan fingerprint density at radius 2 is 0.486 bits per heavy atom. The Hall–Kier alpha value is -15.4. The average Bonchev–Trinajstić information content (AvgIpc) is 1.68. The Bertz CT molecular complexity index is 5640. The Morgan fingerprint density at radius 3 is 0.710 bits per heavy atom. The molecular weight excluding hydrogens is 1770 g/mol. The summed E-state index contributed by atoms with van der Waals surface area (Å²) in [5, 5.41) is 0. The van der Waals surface area contributed by atoms with Crippen LogP contribution in [0, 0.1) is 5.41 Å². The van der Waals surface area contributed by atoms with E-state index in [2.05, 4.69) is 23.7 Å². The highest BCUT2D eigenvalue weighted by Gasteiger charge is 2.34. The second kappa shape index (κ2) is 54.3. The summed E-state index contributed by atoms with van der Waals surface area (Å²) >= 11 is 0. The largest absolute Gasteiger partial charge is 0.469 e. The maximum absolute atomic E-state index is 12.6. The van der Waals surface area contributed by atoms with Gasteiger partial charge in [0.25, 0.3) is 0 Å². The summed E-state index contributed by atoms with van der Waals surface area (Å²) in [6, 6.07) is 80.3. The number of ether oxygens (including phenoxy) is 12. The van der Waals surface area contributed by atoms with Crippen LogP contribution in [-0.4, -0.2) is 178 Å². The monoisotopic (exact) mass is 1890 g/mol. The topological polar surface area (TPSA) is 345 Å². The Balaban J connectivity index is 0.000000225. The number of benzene rings is 6. The number of carbonyl (C=O) groups is 12. The smallest absolute Gasteiger partial charge is 0.355 e. The predicted octanol–water partition coefficient (Wildman–Crippen LogP) is 19.1. The van der Waals surface area contributed by atoms with Crippen molar-refractivity contribution in [1.29, 1.82) is 0 Å². The van der Waals surface area contributed by atoms with Gasteiger partial charge < -0.3 is 84.2 Å². The van der Waals surface area contributed by atoms with E-state index in [-0.39, 0.29) is 62.1 Å². The van der Waals surface area contributed by atoms with Crippen LogP contribution in [0.5, 0.6) is 0 Å². The summed E-state index contributed by atoms with van der Waals surface area (Å²) in [6.07, 6.45) is 8.16. The first-order valence-electron chi connectivity index (χ1n) is 44.8. The molecule has 0 N–H and O–H groups in total. The van der Waals surface area contributed by atoms with Crippen LogP contribution in [0.15, 0.2) is 292 Å². The molecule has 10 atom stereocenters. The zero-order valence-corrected chi connectivity index (χ0v) is 81.8. The first-order valence-corrected chi connectivity index (χ1v) is 44.8. The van der Waals surface area contributed by atoms with Gasteiger partial charge in [-0.15, -0.1) is 0 Å².